The number of nitrogens with zero attached hydrogens (tertiary/aromatic N) is 1. The lowest BCUT2D eigenvalue weighted by Crippen LogP contribution is -2.37. The van der Waals surface area contributed by atoms with E-state index in [-0.39, 0.29) is 12.1 Å². The van der Waals surface area contributed by atoms with Crippen LogP contribution in [-0.4, -0.2) is 18.3 Å². The molecule has 0 unspecified atom stereocenters. The average Bonchev–Trinajstić information content (AvgIpc) is 1.84. The highest BCUT2D eigenvalue weighted by atomic mass is 16.2. The molecule has 2 N–H and O–H groups in total. The molecule has 0 saturated heterocycles. The van der Waals surface area contributed by atoms with E-state index >= 15 is 0 Å². The van der Waals surface area contributed by atoms with Gasteiger partial charge in [0.1, 0.15) is 0 Å². The van der Waals surface area contributed by atoms with Crippen LogP contribution < -0.4 is 10.7 Å². The molecule has 0 saturated carbocycles. The summed E-state index contributed by atoms with van der Waals surface area (Å²) in [7, 11) is 0. The molecule has 0 aromatic carbocycles. The van der Waals surface area contributed by atoms with Crippen LogP contribution in [0.4, 0.5) is 4.79 Å². The van der Waals surface area contributed by atoms with Crippen LogP contribution in [-0.2, 0) is 0 Å². The van der Waals surface area contributed by atoms with Crippen LogP contribution in [0.2, 0.25) is 0 Å². The van der Waals surface area contributed by atoms with Crippen LogP contribution in [0, 0.1) is 5.92 Å². The third-order valence-electron chi connectivity index (χ3n) is 0.959. The molecule has 0 aromatic heterocycles. The van der Waals surface area contributed by atoms with E-state index in [0.29, 0.717) is 5.92 Å². The molecule has 0 bridgehead atoms. The van der Waals surface area contributed by atoms with Gasteiger partial charge in [-0.05, 0) is 19.8 Å². The van der Waals surface area contributed by atoms with Crippen molar-refractivity contribution in [1.29, 1.82) is 0 Å². The van der Waals surface area contributed by atoms with E-state index in [9.17, 15) is 4.79 Å². The summed E-state index contributed by atoms with van der Waals surface area (Å²) in [6, 6.07) is -0.124. The first-order chi connectivity index (χ1) is 5.52. The Kier molecular flexibility index (Phi) is 5.08. The zero-order valence-corrected chi connectivity index (χ0v) is 8.09. The minimum absolute atomic E-state index is 0.138. The first-order valence-electron chi connectivity index (χ1n) is 4.12. The van der Waals surface area contributed by atoms with Gasteiger partial charge in [-0.3, -0.25) is 0 Å². The number of rotatable bonds is 3. The molecule has 0 fully saturated rings. The molecule has 0 aliphatic carbocycles. The summed E-state index contributed by atoms with van der Waals surface area (Å²) < 4.78 is 0. The quantitative estimate of drug-likeness (QED) is 0.488. The first-order valence-corrected chi connectivity index (χ1v) is 4.12. The maximum Gasteiger partial charge on any atom is 0.335 e. The molecule has 12 heavy (non-hydrogen) atoms. The SMILES string of the molecule is CC(C)/C=N/NC(=O)NC(C)C. The topological polar surface area (TPSA) is 53.5 Å². The van der Waals surface area contributed by atoms with E-state index < -0.39 is 0 Å². The molecule has 0 radical (unpaired) electrons. The van der Waals surface area contributed by atoms with Crippen LogP contribution in [0.15, 0.2) is 5.10 Å². The second-order valence-electron chi connectivity index (χ2n) is 3.26. The smallest absolute Gasteiger partial charge is 0.335 e. The number of nitrogens with one attached hydrogen (secondary N) is 2. The van der Waals surface area contributed by atoms with Crippen LogP contribution in [0.5, 0.6) is 0 Å². The number of hydrogen-bond acceptors (Lipinski definition) is 2. The van der Waals surface area contributed by atoms with Gasteiger partial charge in [0.15, 0.2) is 0 Å². The van der Waals surface area contributed by atoms with Gasteiger partial charge in [-0.2, -0.15) is 5.10 Å². The molecule has 0 spiro atoms. The molecule has 70 valence electrons. The molecular formula is C8H17N3O. The predicted molar refractivity (Wildman–Crippen MR) is 50.1 cm³/mol. The monoisotopic (exact) mass is 171 g/mol. The van der Waals surface area contributed by atoms with E-state index in [1.165, 1.54) is 0 Å². The Bertz CT molecular complexity index is 164. The van der Waals surface area contributed by atoms with Gasteiger partial charge in [0.2, 0.25) is 0 Å². The van der Waals surface area contributed by atoms with Crippen LogP contribution in [0.3, 0.4) is 0 Å². The van der Waals surface area contributed by atoms with Gasteiger partial charge < -0.3 is 5.32 Å². The Labute approximate surface area is 73.4 Å². The Balaban J connectivity index is 3.57. The number of carbonyl (C=O) groups is 1. The molecule has 0 aliphatic rings. The molecule has 0 aromatic rings. The molecule has 4 heteroatoms. The van der Waals surface area contributed by atoms with Crippen molar-refractivity contribution in [2.45, 2.75) is 33.7 Å². The lowest BCUT2D eigenvalue weighted by molar-refractivity contribution is 0.239. The molecule has 0 rings (SSSR count). The first kappa shape index (κ1) is 10.9. The minimum Gasteiger partial charge on any atom is -0.335 e. The summed E-state index contributed by atoms with van der Waals surface area (Å²) in [6.45, 7) is 7.77. The van der Waals surface area contributed by atoms with Crippen molar-refractivity contribution in [2.24, 2.45) is 11.0 Å². The second-order valence-corrected chi connectivity index (χ2v) is 3.26. The minimum atomic E-state index is -0.262. The predicted octanol–water partition coefficient (Wildman–Crippen LogP) is 1.34. The highest BCUT2D eigenvalue weighted by molar-refractivity contribution is 5.75. The van der Waals surface area contributed by atoms with Crippen molar-refractivity contribution in [3.63, 3.8) is 0 Å². The summed E-state index contributed by atoms with van der Waals surface area (Å²) in [5, 5.41) is 6.39. The number of hydrazone groups is 1. The van der Waals surface area contributed by atoms with E-state index in [2.05, 4.69) is 15.8 Å². The maximum atomic E-state index is 10.9. The summed E-state index contributed by atoms with van der Waals surface area (Å²) in [4.78, 5) is 10.9. The largest absolute Gasteiger partial charge is 0.335 e. The van der Waals surface area contributed by atoms with Crippen LogP contribution in [0.25, 0.3) is 0 Å². The fourth-order valence-corrected chi connectivity index (χ4v) is 0.539. The highest BCUT2D eigenvalue weighted by Crippen LogP contribution is 1.83. The Morgan fingerprint density at radius 2 is 1.92 bits per heavy atom. The van der Waals surface area contributed by atoms with Crippen molar-refractivity contribution in [2.75, 3.05) is 0 Å². The van der Waals surface area contributed by atoms with E-state index in [1.807, 2.05) is 27.7 Å². The van der Waals surface area contributed by atoms with Crippen LogP contribution in [0.1, 0.15) is 27.7 Å². The van der Waals surface area contributed by atoms with Crippen LogP contribution >= 0.6 is 0 Å². The second kappa shape index (κ2) is 5.57. The summed E-state index contributed by atoms with van der Waals surface area (Å²) in [6.07, 6.45) is 1.68. The van der Waals surface area contributed by atoms with Crippen molar-refractivity contribution in [3.05, 3.63) is 0 Å². The third kappa shape index (κ3) is 7.05. The Hall–Kier alpha value is -1.06. The van der Waals surface area contributed by atoms with Gasteiger partial charge >= 0.3 is 6.03 Å². The van der Waals surface area contributed by atoms with Crippen molar-refractivity contribution < 1.29 is 4.79 Å². The van der Waals surface area contributed by atoms with E-state index in [4.69, 9.17) is 0 Å². The lowest BCUT2D eigenvalue weighted by Gasteiger charge is -2.06. The number of amides is 2. The third-order valence-corrected chi connectivity index (χ3v) is 0.959. The van der Waals surface area contributed by atoms with Crippen molar-refractivity contribution in [3.8, 4) is 0 Å². The van der Waals surface area contributed by atoms with Gasteiger partial charge in [-0.25, -0.2) is 10.2 Å². The molecule has 2 amide bonds. The van der Waals surface area contributed by atoms with Crippen molar-refractivity contribution in [1.82, 2.24) is 10.7 Å². The highest BCUT2D eigenvalue weighted by Gasteiger charge is 1.98. The van der Waals surface area contributed by atoms with Crippen molar-refractivity contribution >= 4 is 12.2 Å². The fraction of sp³-hybridized carbons (Fsp3) is 0.750. The Morgan fingerprint density at radius 1 is 1.33 bits per heavy atom. The molecule has 0 heterocycles. The fourth-order valence-electron chi connectivity index (χ4n) is 0.539. The van der Waals surface area contributed by atoms with Gasteiger partial charge in [-0.15, -0.1) is 0 Å². The molecule has 0 atom stereocenters. The van der Waals surface area contributed by atoms with Gasteiger partial charge in [0, 0.05) is 12.3 Å². The zero-order chi connectivity index (χ0) is 9.56. The Morgan fingerprint density at radius 3 is 2.33 bits per heavy atom. The zero-order valence-electron chi connectivity index (χ0n) is 8.09. The van der Waals surface area contributed by atoms with Gasteiger partial charge in [-0.1, -0.05) is 13.8 Å². The van der Waals surface area contributed by atoms with E-state index in [1.54, 1.807) is 6.21 Å². The number of hydrogen-bond donors (Lipinski definition) is 2. The lowest BCUT2D eigenvalue weighted by atomic mass is 10.3. The summed E-state index contributed by atoms with van der Waals surface area (Å²) >= 11 is 0. The average molecular weight is 171 g/mol. The number of urea groups is 1. The molecular weight excluding hydrogens is 154 g/mol. The molecule has 4 nitrogen and oxygen atoms in total. The normalized spacial score (nSPS) is 11.2. The van der Waals surface area contributed by atoms with E-state index in [0.717, 1.165) is 0 Å². The summed E-state index contributed by atoms with van der Waals surface area (Å²) in [5.74, 6) is 0.351. The van der Waals surface area contributed by atoms with Gasteiger partial charge in [0.05, 0.1) is 0 Å². The van der Waals surface area contributed by atoms with Gasteiger partial charge in [0.25, 0.3) is 0 Å². The standard InChI is InChI=1S/C8H17N3O/c1-6(2)5-9-11-8(12)10-7(3)4/h5-7H,1-4H3,(H2,10,11,12)/b9-5+. The molecule has 0 aliphatic heterocycles. The maximum absolute atomic E-state index is 10.9. The summed E-state index contributed by atoms with van der Waals surface area (Å²) in [5.41, 5.74) is 2.36. The number of carbonyl (C=O) groups excluding carboxylic acids is 1.